The van der Waals surface area contributed by atoms with Crippen LogP contribution in [0.2, 0.25) is 5.02 Å². The van der Waals surface area contributed by atoms with Crippen molar-refractivity contribution in [3.05, 3.63) is 23.2 Å². The second kappa shape index (κ2) is 6.67. The zero-order valence-corrected chi connectivity index (χ0v) is 12.5. The second-order valence-electron chi connectivity index (χ2n) is 4.94. The summed E-state index contributed by atoms with van der Waals surface area (Å²) in [5.74, 6) is 0.0982. The van der Waals surface area contributed by atoms with Gasteiger partial charge in [-0.3, -0.25) is 4.79 Å². The van der Waals surface area contributed by atoms with Crippen molar-refractivity contribution in [2.45, 2.75) is 12.8 Å². The van der Waals surface area contributed by atoms with Crippen LogP contribution in [0, 0.1) is 5.92 Å². The van der Waals surface area contributed by atoms with Gasteiger partial charge in [0.25, 0.3) is 0 Å². The molecule has 0 saturated carbocycles. The fourth-order valence-electron chi connectivity index (χ4n) is 2.34. The Bertz CT molecular complexity index is 542. The van der Waals surface area contributed by atoms with E-state index in [2.05, 4.69) is 5.32 Å². The maximum Gasteiger partial charge on any atom is 0.321 e. The van der Waals surface area contributed by atoms with Crippen LogP contribution in [0.3, 0.4) is 0 Å². The Morgan fingerprint density at radius 1 is 1.38 bits per heavy atom. The van der Waals surface area contributed by atoms with Crippen LogP contribution < -0.4 is 15.8 Å². The van der Waals surface area contributed by atoms with E-state index in [0.29, 0.717) is 42.4 Å². The minimum Gasteiger partial charge on any atom is -0.495 e. The van der Waals surface area contributed by atoms with Gasteiger partial charge in [-0.05, 0) is 31.0 Å². The Kier molecular flexibility index (Phi) is 4.90. The predicted octanol–water partition coefficient (Wildman–Crippen LogP) is 2.08. The van der Waals surface area contributed by atoms with E-state index >= 15 is 0 Å². The molecular weight excluding hydrogens is 294 g/mol. The number of carbonyl (C=O) groups excluding carboxylic acids is 2. The lowest BCUT2D eigenvalue weighted by atomic mass is 9.96. The van der Waals surface area contributed by atoms with E-state index in [-0.39, 0.29) is 17.9 Å². The van der Waals surface area contributed by atoms with E-state index in [1.54, 1.807) is 23.1 Å². The molecule has 1 aromatic carbocycles. The SMILES string of the molecule is COc1ccc(Cl)cc1NC(=O)N1CCC(C(N)=O)CC1. The first-order valence-corrected chi connectivity index (χ1v) is 7.08. The monoisotopic (exact) mass is 311 g/mol. The van der Waals surface area contributed by atoms with Gasteiger partial charge >= 0.3 is 6.03 Å². The standard InChI is InChI=1S/C14H18ClN3O3/c1-21-12-3-2-10(15)8-11(12)17-14(20)18-6-4-9(5-7-18)13(16)19/h2-3,8-9H,4-7H2,1H3,(H2,16,19)(H,17,20). The number of urea groups is 1. The van der Waals surface area contributed by atoms with Crippen molar-refractivity contribution >= 4 is 29.2 Å². The molecule has 0 aromatic heterocycles. The zero-order chi connectivity index (χ0) is 15.4. The molecule has 1 heterocycles. The molecule has 1 aromatic rings. The van der Waals surface area contributed by atoms with E-state index in [4.69, 9.17) is 22.1 Å². The Morgan fingerprint density at radius 3 is 2.62 bits per heavy atom. The average molecular weight is 312 g/mol. The van der Waals surface area contributed by atoms with Crippen LogP contribution in [0.5, 0.6) is 5.75 Å². The molecule has 1 fully saturated rings. The van der Waals surface area contributed by atoms with Crippen LogP contribution in [0.4, 0.5) is 10.5 Å². The molecule has 21 heavy (non-hydrogen) atoms. The van der Waals surface area contributed by atoms with Gasteiger partial charge in [-0.2, -0.15) is 0 Å². The number of piperidine rings is 1. The quantitative estimate of drug-likeness (QED) is 0.896. The Labute approximate surface area is 128 Å². The largest absolute Gasteiger partial charge is 0.495 e. The summed E-state index contributed by atoms with van der Waals surface area (Å²) in [6, 6.07) is 4.78. The third kappa shape index (κ3) is 3.78. The molecule has 0 spiro atoms. The van der Waals surface area contributed by atoms with E-state index in [9.17, 15) is 9.59 Å². The smallest absolute Gasteiger partial charge is 0.321 e. The molecule has 1 saturated heterocycles. The first kappa shape index (κ1) is 15.4. The van der Waals surface area contributed by atoms with Crippen molar-refractivity contribution in [3.8, 4) is 5.75 Å². The Balaban J connectivity index is 1.99. The fourth-order valence-corrected chi connectivity index (χ4v) is 2.51. The van der Waals surface area contributed by atoms with Gasteiger partial charge in [0.1, 0.15) is 5.75 Å². The molecule has 2 rings (SSSR count). The van der Waals surface area contributed by atoms with Crippen LogP contribution in [0.15, 0.2) is 18.2 Å². The van der Waals surface area contributed by atoms with Gasteiger partial charge < -0.3 is 20.7 Å². The van der Waals surface area contributed by atoms with Crippen LogP contribution in [-0.2, 0) is 4.79 Å². The van der Waals surface area contributed by atoms with Gasteiger partial charge in [-0.1, -0.05) is 11.6 Å². The summed E-state index contributed by atoms with van der Waals surface area (Å²) in [5, 5.41) is 3.29. The summed E-state index contributed by atoms with van der Waals surface area (Å²) in [7, 11) is 1.53. The lowest BCUT2D eigenvalue weighted by Gasteiger charge is -2.30. The number of primary amides is 1. The van der Waals surface area contributed by atoms with Crippen molar-refractivity contribution in [1.29, 1.82) is 0 Å². The molecule has 0 atom stereocenters. The number of amides is 3. The fraction of sp³-hybridized carbons (Fsp3) is 0.429. The summed E-state index contributed by atoms with van der Waals surface area (Å²) in [6.07, 6.45) is 1.19. The number of anilines is 1. The number of nitrogens with one attached hydrogen (secondary N) is 1. The number of hydrogen-bond donors (Lipinski definition) is 2. The number of carbonyl (C=O) groups is 2. The number of nitrogens with zero attached hydrogens (tertiary/aromatic N) is 1. The number of benzene rings is 1. The van der Waals surface area contributed by atoms with Crippen molar-refractivity contribution in [2.75, 3.05) is 25.5 Å². The molecule has 6 nitrogen and oxygen atoms in total. The van der Waals surface area contributed by atoms with E-state index in [1.807, 2.05) is 0 Å². The lowest BCUT2D eigenvalue weighted by molar-refractivity contribution is -0.122. The molecule has 0 bridgehead atoms. The number of halogens is 1. The maximum atomic E-state index is 12.2. The summed E-state index contributed by atoms with van der Waals surface area (Å²) < 4.78 is 5.18. The highest BCUT2D eigenvalue weighted by molar-refractivity contribution is 6.31. The van der Waals surface area contributed by atoms with Crippen molar-refractivity contribution in [1.82, 2.24) is 4.90 Å². The normalized spacial score (nSPS) is 15.6. The summed E-state index contributed by atoms with van der Waals surface area (Å²) in [4.78, 5) is 25.0. The number of methoxy groups -OCH3 is 1. The Hall–Kier alpha value is -1.95. The Morgan fingerprint density at radius 2 is 2.05 bits per heavy atom. The number of ether oxygens (including phenoxy) is 1. The minimum absolute atomic E-state index is 0.144. The van der Waals surface area contributed by atoms with Crippen LogP contribution in [-0.4, -0.2) is 37.0 Å². The van der Waals surface area contributed by atoms with Gasteiger partial charge in [0.05, 0.1) is 12.8 Å². The molecule has 3 amide bonds. The van der Waals surface area contributed by atoms with Gasteiger partial charge in [0, 0.05) is 24.0 Å². The first-order valence-electron chi connectivity index (χ1n) is 6.70. The minimum atomic E-state index is -0.299. The molecule has 7 heteroatoms. The van der Waals surface area contributed by atoms with Crippen molar-refractivity contribution < 1.29 is 14.3 Å². The van der Waals surface area contributed by atoms with E-state index < -0.39 is 0 Å². The van der Waals surface area contributed by atoms with Gasteiger partial charge in [0.15, 0.2) is 0 Å². The van der Waals surface area contributed by atoms with Crippen LogP contribution in [0.1, 0.15) is 12.8 Å². The molecule has 0 aliphatic carbocycles. The molecule has 114 valence electrons. The number of rotatable bonds is 3. The van der Waals surface area contributed by atoms with Gasteiger partial charge in [-0.15, -0.1) is 0 Å². The summed E-state index contributed by atoms with van der Waals surface area (Å²) in [6.45, 7) is 1.00. The van der Waals surface area contributed by atoms with Gasteiger partial charge in [0.2, 0.25) is 5.91 Å². The number of hydrogen-bond acceptors (Lipinski definition) is 3. The maximum absolute atomic E-state index is 12.2. The van der Waals surface area contributed by atoms with Crippen LogP contribution >= 0.6 is 11.6 Å². The average Bonchev–Trinajstić information content (AvgIpc) is 2.47. The van der Waals surface area contributed by atoms with Gasteiger partial charge in [-0.25, -0.2) is 4.79 Å². The molecule has 1 aliphatic heterocycles. The summed E-state index contributed by atoms with van der Waals surface area (Å²) in [5.41, 5.74) is 5.80. The zero-order valence-electron chi connectivity index (χ0n) is 11.8. The number of likely N-dealkylation sites (tertiary alicyclic amines) is 1. The highest BCUT2D eigenvalue weighted by Crippen LogP contribution is 2.28. The molecular formula is C14H18ClN3O3. The number of nitrogens with two attached hydrogens (primary N) is 1. The lowest BCUT2D eigenvalue weighted by Crippen LogP contribution is -2.43. The topological polar surface area (TPSA) is 84.7 Å². The summed E-state index contributed by atoms with van der Waals surface area (Å²) >= 11 is 5.93. The predicted molar refractivity (Wildman–Crippen MR) is 80.5 cm³/mol. The molecule has 0 unspecified atom stereocenters. The third-order valence-corrected chi connectivity index (χ3v) is 3.82. The molecule has 0 radical (unpaired) electrons. The molecule has 3 N–H and O–H groups in total. The highest BCUT2D eigenvalue weighted by atomic mass is 35.5. The van der Waals surface area contributed by atoms with E-state index in [1.165, 1.54) is 7.11 Å². The van der Waals surface area contributed by atoms with Crippen molar-refractivity contribution in [2.24, 2.45) is 11.7 Å². The van der Waals surface area contributed by atoms with Crippen LogP contribution in [0.25, 0.3) is 0 Å². The highest BCUT2D eigenvalue weighted by Gasteiger charge is 2.26. The second-order valence-corrected chi connectivity index (χ2v) is 5.37. The van der Waals surface area contributed by atoms with Crippen molar-refractivity contribution in [3.63, 3.8) is 0 Å². The first-order chi connectivity index (χ1) is 10.0. The molecule has 1 aliphatic rings. The van der Waals surface area contributed by atoms with E-state index in [0.717, 1.165) is 0 Å². The third-order valence-electron chi connectivity index (χ3n) is 3.59.